The first-order chi connectivity index (χ1) is 8.08. The Kier molecular flexibility index (Phi) is 3.69. The van der Waals surface area contributed by atoms with Crippen molar-refractivity contribution in [3.05, 3.63) is 28.8 Å². The van der Waals surface area contributed by atoms with Gasteiger partial charge in [0.2, 0.25) is 5.91 Å². The number of carbonyl (C=O) groups is 1. The molecule has 1 aliphatic heterocycles. The molecule has 0 aliphatic carbocycles. The lowest BCUT2D eigenvalue weighted by atomic mass is 10.0. The number of carbonyl (C=O) groups excluding carboxylic acids is 1. The molecule has 1 fully saturated rings. The number of benzene rings is 1. The van der Waals surface area contributed by atoms with Crippen molar-refractivity contribution in [2.75, 3.05) is 11.9 Å². The molecular formula is C13H17ClN2O. The quantitative estimate of drug-likeness (QED) is 0.850. The van der Waals surface area contributed by atoms with Gasteiger partial charge in [-0.05, 0) is 44.5 Å². The van der Waals surface area contributed by atoms with E-state index in [1.165, 1.54) is 0 Å². The molecule has 3 nitrogen and oxygen atoms in total. The Morgan fingerprint density at radius 2 is 2.29 bits per heavy atom. The van der Waals surface area contributed by atoms with Crippen molar-refractivity contribution >= 4 is 23.2 Å². The number of anilines is 1. The summed E-state index contributed by atoms with van der Waals surface area (Å²) in [5.41, 5.74) is 1.84. The molecule has 0 aromatic heterocycles. The van der Waals surface area contributed by atoms with Gasteiger partial charge in [0.25, 0.3) is 0 Å². The summed E-state index contributed by atoms with van der Waals surface area (Å²) in [7, 11) is 0. The van der Waals surface area contributed by atoms with Gasteiger partial charge in [0.1, 0.15) is 0 Å². The van der Waals surface area contributed by atoms with Gasteiger partial charge in [0, 0.05) is 16.8 Å². The van der Waals surface area contributed by atoms with Crippen LogP contribution in [0.3, 0.4) is 0 Å². The van der Waals surface area contributed by atoms with E-state index in [9.17, 15) is 4.79 Å². The monoisotopic (exact) mass is 252 g/mol. The molecule has 0 spiro atoms. The lowest BCUT2D eigenvalue weighted by Gasteiger charge is -2.16. The average Bonchev–Trinajstić information content (AvgIpc) is 2.70. The first-order valence-corrected chi connectivity index (χ1v) is 6.26. The summed E-state index contributed by atoms with van der Waals surface area (Å²) in [6.07, 6.45) is 0.895. The molecule has 2 N–H and O–H groups in total. The summed E-state index contributed by atoms with van der Waals surface area (Å²) in [5, 5.41) is 6.88. The zero-order valence-corrected chi connectivity index (χ0v) is 10.8. The van der Waals surface area contributed by atoms with Crippen LogP contribution in [0.5, 0.6) is 0 Å². The van der Waals surface area contributed by atoms with E-state index in [-0.39, 0.29) is 17.9 Å². The summed E-state index contributed by atoms with van der Waals surface area (Å²) in [5.74, 6) is 0.126. The van der Waals surface area contributed by atoms with E-state index in [1.807, 2.05) is 26.0 Å². The van der Waals surface area contributed by atoms with E-state index in [2.05, 4.69) is 10.6 Å². The Bertz CT molecular complexity index is 433. The number of halogens is 1. The number of hydrogen-bond acceptors (Lipinski definition) is 2. The second-order valence-electron chi connectivity index (χ2n) is 4.59. The van der Waals surface area contributed by atoms with Gasteiger partial charge >= 0.3 is 0 Å². The fourth-order valence-electron chi connectivity index (χ4n) is 2.17. The van der Waals surface area contributed by atoms with Crippen LogP contribution in [0.4, 0.5) is 5.69 Å². The third-order valence-corrected chi connectivity index (χ3v) is 3.55. The van der Waals surface area contributed by atoms with Crippen molar-refractivity contribution < 1.29 is 4.79 Å². The first kappa shape index (κ1) is 12.4. The molecule has 1 amide bonds. The molecule has 2 rings (SSSR count). The highest BCUT2D eigenvalue weighted by atomic mass is 35.5. The Balaban J connectivity index is 2.10. The number of aryl methyl sites for hydroxylation is 1. The smallest absolute Gasteiger partial charge is 0.229 e. The second-order valence-corrected chi connectivity index (χ2v) is 5.02. The van der Waals surface area contributed by atoms with Crippen molar-refractivity contribution in [1.29, 1.82) is 0 Å². The minimum absolute atomic E-state index is 0.0494. The average molecular weight is 253 g/mol. The predicted molar refractivity (Wildman–Crippen MR) is 70.4 cm³/mol. The molecule has 2 unspecified atom stereocenters. The van der Waals surface area contributed by atoms with Gasteiger partial charge in [-0.25, -0.2) is 0 Å². The van der Waals surface area contributed by atoms with E-state index in [0.717, 1.165) is 24.2 Å². The van der Waals surface area contributed by atoms with Gasteiger partial charge in [0.05, 0.1) is 5.92 Å². The maximum Gasteiger partial charge on any atom is 0.229 e. The molecule has 0 saturated carbocycles. The van der Waals surface area contributed by atoms with Gasteiger partial charge in [-0.2, -0.15) is 0 Å². The van der Waals surface area contributed by atoms with Crippen LogP contribution in [0.25, 0.3) is 0 Å². The van der Waals surface area contributed by atoms with E-state index in [4.69, 9.17) is 11.6 Å². The molecular weight excluding hydrogens is 236 g/mol. The van der Waals surface area contributed by atoms with Crippen LogP contribution >= 0.6 is 11.6 Å². The third-order valence-electron chi connectivity index (χ3n) is 3.32. The molecule has 2 atom stereocenters. The number of nitrogens with one attached hydrogen (secondary N) is 2. The number of hydrogen-bond donors (Lipinski definition) is 2. The Hall–Kier alpha value is -1.06. The predicted octanol–water partition coefficient (Wildman–Crippen LogP) is 2.58. The highest BCUT2D eigenvalue weighted by molar-refractivity contribution is 6.31. The molecule has 17 heavy (non-hydrogen) atoms. The van der Waals surface area contributed by atoms with Gasteiger partial charge in [-0.1, -0.05) is 17.7 Å². The summed E-state index contributed by atoms with van der Waals surface area (Å²) >= 11 is 5.92. The maximum atomic E-state index is 12.1. The topological polar surface area (TPSA) is 41.1 Å². The Morgan fingerprint density at radius 3 is 2.94 bits per heavy atom. The molecule has 1 aromatic carbocycles. The van der Waals surface area contributed by atoms with Crippen LogP contribution in [-0.2, 0) is 4.79 Å². The lowest BCUT2D eigenvalue weighted by molar-refractivity contribution is -0.120. The molecule has 92 valence electrons. The second kappa shape index (κ2) is 5.07. The van der Waals surface area contributed by atoms with E-state index < -0.39 is 0 Å². The van der Waals surface area contributed by atoms with Crippen molar-refractivity contribution in [2.24, 2.45) is 5.92 Å². The largest absolute Gasteiger partial charge is 0.326 e. The fraction of sp³-hybridized carbons (Fsp3) is 0.462. The van der Waals surface area contributed by atoms with Gasteiger partial charge in [0.15, 0.2) is 0 Å². The fourth-order valence-corrected chi connectivity index (χ4v) is 2.34. The molecule has 1 heterocycles. The minimum atomic E-state index is 0.0494. The summed E-state index contributed by atoms with van der Waals surface area (Å²) in [6, 6.07) is 5.78. The highest BCUT2D eigenvalue weighted by Crippen LogP contribution is 2.23. The molecule has 1 aromatic rings. The van der Waals surface area contributed by atoms with Crippen LogP contribution in [0, 0.1) is 12.8 Å². The zero-order chi connectivity index (χ0) is 12.4. The van der Waals surface area contributed by atoms with Crippen LogP contribution in [0.1, 0.15) is 18.9 Å². The molecule has 1 saturated heterocycles. The van der Waals surface area contributed by atoms with Gasteiger partial charge < -0.3 is 10.6 Å². The molecule has 1 aliphatic rings. The molecule has 0 bridgehead atoms. The third kappa shape index (κ3) is 2.79. The van der Waals surface area contributed by atoms with Crippen LogP contribution in [0.2, 0.25) is 5.02 Å². The van der Waals surface area contributed by atoms with Crippen LogP contribution in [-0.4, -0.2) is 18.5 Å². The van der Waals surface area contributed by atoms with Gasteiger partial charge in [-0.3, -0.25) is 4.79 Å². The van der Waals surface area contributed by atoms with Crippen LogP contribution in [0.15, 0.2) is 18.2 Å². The summed E-state index contributed by atoms with van der Waals surface area (Å²) in [4.78, 5) is 12.1. The zero-order valence-electron chi connectivity index (χ0n) is 10.1. The van der Waals surface area contributed by atoms with Crippen molar-refractivity contribution in [2.45, 2.75) is 26.3 Å². The molecule has 4 heteroatoms. The molecule has 0 radical (unpaired) electrons. The standard InChI is InChI=1S/C13H17ClN2O/c1-8-3-4-10(14)7-12(8)16-13(17)11-5-6-15-9(11)2/h3-4,7,9,11,15H,5-6H2,1-2H3,(H,16,17). The maximum absolute atomic E-state index is 12.1. The van der Waals surface area contributed by atoms with Crippen LogP contribution < -0.4 is 10.6 Å². The number of rotatable bonds is 2. The minimum Gasteiger partial charge on any atom is -0.326 e. The first-order valence-electron chi connectivity index (χ1n) is 5.88. The lowest BCUT2D eigenvalue weighted by Crippen LogP contribution is -2.32. The van der Waals surface area contributed by atoms with Gasteiger partial charge in [-0.15, -0.1) is 0 Å². The highest BCUT2D eigenvalue weighted by Gasteiger charge is 2.29. The van der Waals surface area contributed by atoms with E-state index in [0.29, 0.717) is 5.02 Å². The normalized spacial score (nSPS) is 23.7. The SMILES string of the molecule is Cc1ccc(Cl)cc1NC(=O)C1CCNC1C. The van der Waals surface area contributed by atoms with Crippen molar-refractivity contribution in [3.8, 4) is 0 Å². The summed E-state index contributed by atoms with van der Waals surface area (Å²) in [6.45, 7) is 4.91. The number of amides is 1. The summed E-state index contributed by atoms with van der Waals surface area (Å²) < 4.78 is 0. The Labute approximate surface area is 107 Å². The van der Waals surface area contributed by atoms with Crippen molar-refractivity contribution in [3.63, 3.8) is 0 Å². The van der Waals surface area contributed by atoms with E-state index in [1.54, 1.807) is 6.07 Å². The Morgan fingerprint density at radius 1 is 1.53 bits per heavy atom. The van der Waals surface area contributed by atoms with Crippen molar-refractivity contribution in [1.82, 2.24) is 5.32 Å². The van der Waals surface area contributed by atoms with E-state index >= 15 is 0 Å².